The van der Waals surface area contributed by atoms with Crippen molar-refractivity contribution in [1.29, 1.82) is 0 Å². The van der Waals surface area contributed by atoms with Gasteiger partial charge in [-0.15, -0.1) is 0 Å². The fraction of sp³-hybridized carbons (Fsp3) is 0.538. The van der Waals surface area contributed by atoms with Gasteiger partial charge < -0.3 is 0 Å². The molecule has 0 aliphatic carbocycles. The molecule has 3 nitrogen and oxygen atoms in total. The summed E-state index contributed by atoms with van der Waals surface area (Å²) in [7, 11) is -3.46. The average molecular weight is 290 g/mol. The maximum Gasteiger partial charge on any atom is 0.240 e. The van der Waals surface area contributed by atoms with E-state index < -0.39 is 10.0 Å². The molecule has 0 heterocycles. The minimum atomic E-state index is -3.46. The molecule has 1 aromatic carbocycles. The van der Waals surface area contributed by atoms with E-state index in [1.807, 2.05) is 6.92 Å². The molecule has 1 N–H and O–H groups in total. The molecule has 1 rings (SSSR count). The summed E-state index contributed by atoms with van der Waals surface area (Å²) >= 11 is 5.93. The normalized spacial score (nSPS) is 12.7. The topological polar surface area (TPSA) is 46.2 Å². The molecule has 0 aliphatic heterocycles. The Morgan fingerprint density at radius 1 is 1.28 bits per heavy atom. The standard InChI is InChI=1S/C13H20ClNO2S/c1-10-5-6-11(9-12(10)14)18(16,17)15-8-7-13(2,3)4/h5-6,9,15H,7-8H2,1-4H3. The average Bonchev–Trinajstić information content (AvgIpc) is 2.19. The van der Waals surface area contributed by atoms with Crippen molar-refractivity contribution in [3.8, 4) is 0 Å². The lowest BCUT2D eigenvalue weighted by Crippen LogP contribution is -2.27. The first-order valence-electron chi connectivity index (χ1n) is 5.88. The van der Waals surface area contributed by atoms with Gasteiger partial charge in [0.25, 0.3) is 0 Å². The summed E-state index contributed by atoms with van der Waals surface area (Å²) in [5, 5.41) is 0.466. The van der Waals surface area contributed by atoms with Crippen LogP contribution in [0.25, 0.3) is 0 Å². The quantitative estimate of drug-likeness (QED) is 0.924. The van der Waals surface area contributed by atoms with Crippen LogP contribution in [0, 0.1) is 12.3 Å². The van der Waals surface area contributed by atoms with Gasteiger partial charge in [-0.05, 0) is 36.5 Å². The van der Waals surface area contributed by atoms with E-state index in [1.54, 1.807) is 12.1 Å². The molecule has 0 fully saturated rings. The van der Waals surface area contributed by atoms with Gasteiger partial charge in [-0.3, -0.25) is 0 Å². The molecule has 0 radical (unpaired) electrons. The van der Waals surface area contributed by atoms with Crippen molar-refractivity contribution in [2.24, 2.45) is 5.41 Å². The molecule has 0 aromatic heterocycles. The molecule has 0 saturated heterocycles. The van der Waals surface area contributed by atoms with Gasteiger partial charge >= 0.3 is 0 Å². The Balaban J connectivity index is 2.77. The number of hydrogen-bond donors (Lipinski definition) is 1. The smallest absolute Gasteiger partial charge is 0.211 e. The Kier molecular flexibility index (Phi) is 4.81. The van der Waals surface area contributed by atoms with Crippen molar-refractivity contribution in [3.63, 3.8) is 0 Å². The van der Waals surface area contributed by atoms with Gasteiger partial charge in [0.05, 0.1) is 4.90 Å². The van der Waals surface area contributed by atoms with Crippen LogP contribution in [0.1, 0.15) is 32.8 Å². The molecule has 0 atom stereocenters. The first-order valence-corrected chi connectivity index (χ1v) is 7.74. The van der Waals surface area contributed by atoms with E-state index in [-0.39, 0.29) is 10.3 Å². The highest BCUT2D eigenvalue weighted by molar-refractivity contribution is 7.89. The van der Waals surface area contributed by atoms with Crippen molar-refractivity contribution in [2.75, 3.05) is 6.54 Å². The zero-order valence-electron chi connectivity index (χ0n) is 11.2. The number of halogens is 1. The van der Waals surface area contributed by atoms with Gasteiger partial charge in [0.2, 0.25) is 10.0 Å². The molecule has 102 valence electrons. The molecule has 0 amide bonds. The Bertz CT molecular complexity index is 518. The molecule has 0 bridgehead atoms. The van der Waals surface area contributed by atoms with Crippen molar-refractivity contribution in [2.45, 2.75) is 39.0 Å². The molecule has 0 spiro atoms. The van der Waals surface area contributed by atoms with Crippen LogP contribution in [0.3, 0.4) is 0 Å². The van der Waals surface area contributed by atoms with Crippen LogP contribution in [0.2, 0.25) is 5.02 Å². The molecule has 5 heteroatoms. The molecule has 0 saturated carbocycles. The molecular weight excluding hydrogens is 270 g/mol. The summed E-state index contributed by atoms with van der Waals surface area (Å²) in [6, 6.07) is 4.76. The molecule has 1 aromatic rings. The number of aryl methyl sites for hydroxylation is 1. The number of rotatable bonds is 4. The Labute approximate surface area is 115 Å². The second kappa shape index (κ2) is 5.59. The molecule has 18 heavy (non-hydrogen) atoms. The van der Waals surface area contributed by atoms with Crippen molar-refractivity contribution in [1.82, 2.24) is 4.72 Å². The third-order valence-corrected chi connectivity index (χ3v) is 4.49. The van der Waals surface area contributed by atoms with Crippen molar-refractivity contribution >= 4 is 21.6 Å². The lowest BCUT2D eigenvalue weighted by Gasteiger charge is -2.18. The van der Waals surface area contributed by atoms with Crippen LogP contribution in [-0.4, -0.2) is 15.0 Å². The van der Waals surface area contributed by atoms with E-state index in [0.717, 1.165) is 12.0 Å². The summed E-state index contributed by atoms with van der Waals surface area (Å²) in [4.78, 5) is 0.215. The maximum absolute atomic E-state index is 12.0. The van der Waals surface area contributed by atoms with E-state index in [9.17, 15) is 8.42 Å². The highest BCUT2D eigenvalue weighted by atomic mass is 35.5. The molecule has 0 unspecified atom stereocenters. The first kappa shape index (κ1) is 15.5. The highest BCUT2D eigenvalue weighted by Crippen LogP contribution is 2.21. The fourth-order valence-electron chi connectivity index (χ4n) is 1.38. The van der Waals surface area contributed by atoms with Crippen molar-refractivity contribution in [3.05, 3.63) is 28.8 Å². The second-order valence-electron chi connectivity index (χ2n) is 5.62. The third kappa shape index (κ3) is 4.59. The summed E-state index contributed by atoms with van der Waals surface area (Å²) in [5.74, 6) is 0. The summed E-state index contributed by atoms with van der Waals surface area (Å²) in [6.07, 6.45) is 0.784. The largest absolute Gasteiger partial charge is 0.240 e. The number of benzene rings is 1. The highest BCUT2D eigenvalue weighted by Gasteiger charge is 2.16. The number of nitrogens with one attached hydrogen (secondary N) is 1. The van der Waals surface area contributed by atoms with Crippen LogP contribution >= 0.6 is 11.6 Å². The van der Waals surface area contributed by atoms with Crippen molar-refractivity contribution < 1.29 is 8.42 Å². The predicted octanol–water partition coefficient (Wildman–Crippen LogP) is 3.36. The van der Waals surface area contributed by atoms with Crippen LogP contribution in [0.15, 0.2) is 23.1 Å². The second-order valence-corrected chi connectivity index (χ2v) is 7.79. The number of hydrogen-bond acceptors (Lipinski definition) is 2. The van der Waals surface area contributed by atoms with Crippen LogP contribution in [-0.2, 0) is 10.0 Å². The van der Waals surface area contributed by atoms with Crippen LogP contribution < -0.4 is 4.72 Å². The van der Waals surface area contributed by atoms with E-state index in [2.05, 4.69) is 25.5 Å². The van der Waals surface area contributed by atoms with E-state index >= 15 is 0 Å². The van der Waals surface area contributed by atoms with Gasteiger partial charge in [0.15, 0.2) is 0 Å². The summed E-state index contributed by atoms with van der Waals surface area (Å²) < 4.78 is 26.6. The summed E-state index contributed by atoms with van der Waals surface area (Å²) in [5.41, 5.74) is 0.971. The summed E-state index contributed by atoms with van der Waals surface area (Å²) in [6.45, 7) is 8.49. The van der Waals surface area contributed by atoms with Gasteiger partial charge in [0.1, 0.15) is 0 Å². The van der Waals surface area contributed by atoms with E-state index in [0.29, 0.717) is 11.6 Å². The SMILES string of the molecule is Cc1ccc(S(=O)(=O)NCCC(C)(C)C)cc1Cl. The third-order valence-electron chi connectivity index (χ3n) is 2.62. The van der Waals surface area contributed by atoms with E-state index in [1.165, 1.54) is 6.07 Å². The van der Waals surface area contributed by atoms with E-state index in [4.69, 9.17) is 11.6 Å². The maximum atomic E-state index is 12.0. The lowest BCUT2D eigenvalue weighted by atomic mass is 9.93. The van der Waals surface area contributed by atoms with Gasteiger partial charge in [-0.2, -0.15) is 0 Å². The minimum absolute atomic E-state index is 0.105. The number of sulfonamides is 1. The monoisotopic (exact) mass is 289 g/mol. The first-order chi connectivity index (χ1) is 8.12. The zero-order valence-corrected chi connectivity index (χ0v) is 12.8. The minimum Gasteiger partial charge on any atom is -0.211 e. The van der Waals surface area contributed by atoms with Gasteiger partial charge in [0, 0.05) is 11.6 Å². The zero-order chi connectivity index (χ0) is 14.0. The fourth-order valence-corrected chi connectivity index (χ4v) is 2.69. The molecular formula is C13H20ClNO2S. The Morgan fingerprint density at radius 3 is 2.39 bits per heavy atom. The molecule has 0 aliphatic rings. The lowest BCUT2D eigenvalue weighted by molar-refractivity contribution is 0.378. The van der Waals surface area contributed by atoms with Gasteiger partial charge in [-0.1, -0.05) is 38.4 Å². The Morgan fingerprint density at radius 2 is 1.89 bits per heavy atom. The van der Waals surface area contributed by atoms with Crippen LogP contribution in [0.4, 0.5) is 0 Å². The predicted molar refractivity (Wildman–Crippen MR) is 75.4 cm³/mol. The van der Waals surface area contributed by atoms with Gasteiger partial charge in [-0.25, -0.2) is 13.1 Å². The Hall–Kier alpha value is -0.580. The van der Waals surface area contributed by atoms with Crippen LogP contribution in [0.5, 0.6) is 0 Å².